The monoisotopic (exact) mass is 488 g/mol. The van der Waals surface area contributed by atoms with Gasteiger partial charge in [-0.3, -0.25) is 9.29 Å². The van der Waals surface area contributed by atoms with Crippen LogP contribution in [0.1, 0.15) is 42.1 Å². The van der Waals surface area contributed by atoms with Crippen molar-refractivity contribution in [1.29, 1.82) is 0 Å². The number of aromatic amines is 1. The van der Waals surface area contributed by atoms with E-state index >= 15 is 8.78 Å². The summed E-state index contributed by atoms with van der Waals surface area (Å²) in [6.45, 7) is 1.99. The molecule has 0 saturated heterocycles. The average molecular weight is 489 g/mol. The Kier molecular flexibility index (Phi) is 6.77. The van der Waals surface area contributed by atoms with Gasteiger partial charge in [-0.25, -0.2) is 13.2 Å². The molecular formula is C27H32F4N4. The first-order valence-electron chi connectivity index (χ1n) is 12.4. The predicted octanol–water partition coefficient (Wildman–Crippen LogP) is 5.28. The van der Waals surface area contributed by atoms with Gasteiger partial charge in [0.1, 0.15) is 17.3 Å². The van der Waals surface area contributed by atoms with Gasteiger partial charge in [-0.2, -0.15) is 0 Å². The molecule has 2 aromatic carbocycles. The van der Waals surface area contributed by atoms with Crippen molar-refractivity contribution in [2.75, 3.05) is 51.3 Å². The number of H-pyrrole nitrogens is 1. The van der Waals surface area contributed by atoms with E-state index in [1.807, 2.05) is 29.2 Å². The van der Waals surface area contributed by atoms with Crippen molar-refractivity contribution in [3.05, 3.63) is 64.9 Å². The Balaban J connectivity index is 1.47. The molecule has 35 heavy (non-hydrogen) atoms. The summed E-state index contributed by atoms with van der Waals surface area (Å²) >= 11 is 0. The first-order chi connectivity index (χ1) is 16.9. The number of fused-ring (bicyclic) bond motifs is 3. The SMILES string of the molecule is CN(CCNCCCF)c1cc(F)c([C@@H]2c3[nH]c4ccccc4c3CCN2CC2(F)CC2)c(F)c1. The molecular weight excluding hydrogens is 456 g/mol. The van der Waals surface area contributed by atoms with Crippen LogP contribution in [0.4, 0.5) is 23.2 Å². The van der Waals surface area contributed by atoms with Gasteiger partial charge in [0.25, 0.3) is 0 Å². The summed E-state index contributed by atoms with van der Waals surface area (Å²) in [4.78, 5) is 7.06. The van der Waals surface area contributed by atoms with Crippen molar-refractivity contribution in [3.63, 3.8) is 0 Å². The van der Waals surface area contributed by atoms with Gasteiger partial charge < -0.3 is 15.2 Å². The third kappa shape index (κ3) is 4.91. The number of halogens is 4. The fourth-order valence-corrected chi connectivity index (χ4v) is 5.19. The highest BCUT2D eigenvalue weighted by Gasteiger charge is 2.47. The Bertz CT molecular complexity index is 1170. The number of para-hydroxylation sites is 1. The molecule has 4 nitrogen and oxygen atoms in total. The molecule has 0 amide bonds. The second-order valence-electron chi connectivity index (χ2n) is 9.87. The van der Waals surface area contributed by atoms with Crippen LogP contribution in [-0.2, 0) is 6.42 Å². The topological polar surface area (TPSA) is 34.3 Å². The van der Waals surface area contributed by atoms with E-state index in [-0.39, 0.29) is 18.8 Å². The molecule has 5 rings (SSSR count). The Morgan fingerprint density at radius 2 is 1.89 bits per heavy atom. The Labute approximate surface area is 203 Å². The number of aromatic nitrogens is 1. The molecule has 0 bridgehead atoms. The van der Waals surface area contributed by atoms with Gasteiger partial charge >= 0.3 is 0 Å². The molecule has 1 aliphatic heterocycles. The van der Waals surface area contributed by atoms with Crippen LogP contribution in [0.15, 0.2) is 36.4 Å². The second-order valence-corrected chi connectivity index (χ2v) is 9.87. The molecule has 2 aliphatic rings. The molecule has 8 heteroatoms. The number of nitrogens with one attached hydrogen (secondary N) is 2. The van der Waals surface area contributed by atoms with Crippen LogP contribution >= 0.6 is 0 Å². The number of rotatable bonds is 10. The van der Waals surface area contributed by atoms with E-state index in [1.165, 1.54) is 12.1 Å². The van der Waals surface area contributed by atoms with E-state index < -0.39 is 23.3 Å². The van der Waals surface area contributed by atoms with Gasteiger partial charge in [0.15, 0.2) is 0 Å². The van der Waals surface area contributed by atoms with Gasteiger partial charge in [-0.15, -0.1) is 0 Å². The average Bonchev–Trinajstić information content (AvgIpc) is 3.44. The smallest absolute Gasteiger partial charge is 0.133 e. The number of anilines is 1. The van der Waals surface area contributed by atoms with Crippen LogP contribution < -0.4 is 10.2 Å². The first-order valence-corrected chi connectivity index (χ1v) is 12.4. The Morgan fingerprint density at radius 3 is 2.60 bits per heavy atom. The van der Waals surface area contributed by atoms with Crippen molar-refractivity contribution in [2.24, 2.45) is 0 Å². The van der Waals surface area contributed by atoms with Gasteiger partial charge in [-0.1, -0.05) is 18.2 Å². The van der Waals surface area contributed by atoms with E-state index in [2.05, 4.69) is 10.3 Å². The number of benzene rings is 2. The maximum Gasteiger partial charge on any atom is 0.133 e. The van der Waals surface area contributed by atoms with Crippen LogP contribution in [0.25, 0.3) is 10.9 Å². The standard InChI is InChI=1S/C27H32F4N4/c1-34(14-12-32-11-4-10-28)18-15-21(29)24(22(30)16-18)26-25-20(19-5-2-3-6-23(19)33-25)7-13-35(26)17-27(31)8-9-27/h2-3,5-6,15-16,26,32-33H,4,7-14,17H2,1H3/t26-/m1/s1. The van der Waals surface area contributed by atoms with E-state index in [9.17, 15) is 8.78 Å². The summed E-state index contributed by atoms with van der Waals surface area (Å²) in [6.07, 6.45) is 2.12. The summed E-state index contributed by atoms with van der Waals surface area (Å²) in [7, 11) is 1.77. The summed E-state index contributed by atoms with van der Waals surface area (Å²) in [6, 6.07) is 9.85. The lowest BCUT2D eigenvalue weighted by Gasteiger charge is -2.37. The molecule has 1 aromatic heterocycles. The number of alkyl halides is 2. The van der Waals surface area contributed by atoms with E-state index in [0.717, 1.165) is 22.2 Å². The number of hydrogen-bond acceptors (Lipinski definition) is 3. The minimum atomic E-state index is -1.27. The molecule has 1 aliphatic carbocycles. The van der Waals surface area contributed by atoms with Gasteiger partial charge in [0.05, 0.1) is 12.7 Å². The van der Waals surface area contributed by atoms with Crippen LogP contribution in [0, 0.1) is 11.6 Å². The minimum Gasteiger partial charge on any atom is -0.373 e. The molecule has 2 heterocycles. The number of likely N-dealkylation sites (N-methyl/N-ethyl adjacent to an activating group) is 1. The summed E-state index contributed by atoms with van der Waals surface area (Å²) in [5.74, 6) is -1.27. The lowest BCUT2D eigenvalue weighted by Crippen LogP contribution is -2.41. The van der Waals surface area contributed by atoms with Crippen LogP contribution in [0.3, 0.4) is 0 Å². The quantitative estimate of drug-likeness (QED) is 0.301. The van der Waals surface area contributed by atoms with Crippen molar-refractivity contribution < 1.29 is 17.6 Å². The second kappa shape index (κ2) is 9.82. The normalized spacial score (nSPS) is 19.2. The third-order valence-electron chi connectivity index (χ3n) is 7.30. The molecule has 0 radical (unpaired) electrons. The molecule has 1 saturated carbocycles. The van der Waals surface area contributed by atoms with Gasteiger partial charge in [-0.05, 0) is 56.0 Å². The van der Waals surface area contributed by atoms with Gasteiger partial charge in [0, 0.05) is 61.1 Å². The van der Waals surface area contributed by atoms with Crippen LogP contribution in [0.2, 0.25) is 0 Å². The van der Waals surface area contributed by atoms with Crippen LogP contribution in [-0.4, -0.2) is 62.0 Å². The Hall–Kier alpha value is -2.58. The van der Waals surface area contributed by atoms with Gasteiger partial charge in [0.2, 0.25) is 0 Å². The first kappa shape index (κ1) is 24.1. The van der Waals surface area contributed by atoms with E-state index in [0.29, 0.717) is 57.5 Å². The summed E-state index contributed by atoms with van der Waals surface area (Å²) < 4.78 is 58.4. The predicted molar refractivity (Wildman–Crippen MR) is 132 cm³/mol. The highest BCUT2D eigenvalue weighted by atomic mass is 19.1. The Morgan fingerprint density at radius 1 is 1.14 bits per heavy atom. The maximum absolute atomic E-state index is 15.7. The fraction of sp³-hybridized carbons (Fsp3) is 0.481. The fourth-order valence-electron chi connectivity index (χ4n) is 5.19. The third-order valence-corrected chi connectivity index (χ3v) is 7.30. The van der Waals surface area contributed by atoms with Crippen LogP contribution in [0.5, 0.6) is 0 Å². The molecule has 0 unspecified atom stereocenters. The van der Waals surface area contributed by atoms with Crippen molar-refractivity contribution in [2.45, 2.75) is 37.4 Å². The van der Waals surface area contributed by atoms with E-state index in [4.69, 9.17) is 0 Å². The molecule has 188 valence electrons. The zero-order valence-electron chi connectivity index (χ0n) is 20.0. The molecule has 2 N–H and O–H groups in total. The van der Waals surface area contributed by atoms with Crippen molar-refractivity contribution in [3.8, 4) is 0 Å². The van der Waals surface area contributed by atoms with Crippen molar-refractivity contribution >= 4 is 16.6 Å². The maximum atomic E-state index is 15.7. The highest BCUT2D eigenvalue weighted by Crippen LogP contribution is 2.46. The van der Waals surface area contributed by atoms with Crippen molar-refractivity contribution in [1.82, 2.24) is 15.2 Å². The highest BCUT2D eigenvalue weighted by molar-refractivity contribution is 5.85. The molecule has 1 atom stereocenters. The molecule has 1 fully saturated rings. The summed E-state index contributed by atoms with van der Waals surface area (Å²) in [5, 5.41) is 4.17. The minimum absolute atomic E-state index is 0.0417. The zero-order valence-corrected chi connectivity index (χ0v) is 20.0. The molecule has 3 aromatic rings. The molecule has 0 spiro atoms. The lowest BCUT2D eigenvalue weighted by molar-refractivity contribution is 0.135. The number of nitrogens with zero attached hydrogens (tertiary/aromatic N) is 2. The summed E-state index contributed by atoms with van der Waals surface area (Å²) in [5.41, 5.74) is 1.83. The zero-order chi connectivity index (χ0) is 24.6. The van der Waals surface area contributed by atoms with E-state index in [1.54, 1.807) is 11.9 Å². The lowest BCUT2D eigenvalue weighted by atomic mass is 9.91. The largest absolute Gasteiger partial charge is 0.373 e. The number of hydrogen-bond donors (Lipinski definition) is 2.